The molecule has 2 unspecified atom stereocenters. The molecule has 5 aliphatic carbocycles. The summed E-state index contributed by atoms with van der Waals surface area (Å²) >= 11 is 0. The molecule has 0 heterocycles. The summed E-state index contributed by atoms with van der Waals surface area (Å²) in [5.74, 6) is -1.78. The van der Waals surface area contributed by atoms with Crippen molar-refractivity contribution >= 4 is 17.7 Å². The van der Waals surface area contributed by atoms with E-state index in [4.69, 9.17) is 9.84 Å². The molecule has 1 aromatic carbocycles. The van der Waals surface area contributed by atoms with Crippen molar-refractivity contribution in [2.75, 3.05) is 0 Å². The second-order valence-electron chi connectivity index (χ2n) is 10.5. The van der Waals surface area contributed by atoms with Crippen LogP contribution in [0.5, 0.6) is 17.2 Å². The highest BCUT2D eigenvalue weighted by atomic mass is 16.5. The van der Waals surface area contributed by atoms with Crippen LogP contribution in [0.3, 0.4) is 0 Å². The van der Waals surface area contributed by atoms with Crippen molar-refractivity contribution in [3.05, 3.63) is 29.8 Å². The Labute approximate surface area is 186 Å². The highest BCUT2D eigenvalue weighted by Crippen LogP contribution is 2.69. The molecular weight excluding hydrogens is 412 g/mol. The van der Waals surface area contributed by atoms with Gasteiger partial charge in [0.05, 0.1) is 0 Å². The maximum Gasteiger partial charge on any atom is 0.339 e. The van der Waals surface area contributed by atoms with Gasteiger partial charge < -0.3 is 20.1 Å². The van der Waals surface area contributed by atoms with E-state index in [0.717, 1.165) is 49.7 Å². The third-order valence-electron chi connectivity index (χ3n) is 8.59. The lowest BCUT2D eigenvalue weighted by Gasteiger charge is -2.65. The van der Waals surface area contributed by atoms with Crippen LogP contribution in [0.15, 0.2) is 24.3 Å². The molecule has 3 N–H and O–H groups in total. The molecule has 4 saturated carbocycles. The Morgan fingerprint density at radius 2 is 1.81 bits per heavy atom. The summed E-state index contributed by atoms with van der Waals surface area (Å²) in [6.45, 7) is 1.97. The fourth-order valence-electron chi connectivity index (χ4n) is 7.72. The average molecular weight is 440 g/mol. The summed E-state index contributed by atoms with van der Waals surface area (Å²) in [6.07, 6.45) is 10.0. The first-order valence-corrected chi connectivity index (χ1v) is 11.4. The molecule has 0 radical (unpaired) electrons. The SMILES string of the molecule is C[C@]1(CCC(=O)Oc2c(O)ccc(C(=O)O)c2O)C(=O)C=CC23C[C@@H]4CC(C[C@@H](C4)C2)[C@@H]31. The summed E-state index contributed by atoms with van der Waals surface area (Å²) in [5.41, 5.74) is -1.09. The highest BCUT2D eigenvalue weighted by Gasteiger charge is 2.63. The fourth-order valence-corrected chi connectivity index (χ4v) is 7.72. The third-order valence-corrected chi connectivity index (χ3v) is 8.59. The van der Waals surface area contributed by atoms with Crippen molar-refractivity contribution in [1.82, 2.24) is 0 Å². The number of benzene rings is 1. The standard InChI is InChI=1S/C25H28O7/c1-24(6-5-19(28)32-21-17(26)3-2-16(20(21)29)23(30)31)18(27)4-7-25-11-13-8-14(12-25)10-15(9-13)22(24)25/h2-4,7,13-15,22,26,29H,5-6,8-12H2,1H3,(H,30,31)/t13-,14+,15?,22-,24+,25?/m1/s1. The van der Waals surface area contributed by atoms with Crippen molar-refractivity contribution in [2.24, 2.45) is 34.5 Å². The third kappa shape index (κ3) is 3.05. The molecule has 4 fully saturated rings. The van der Waals surface area contributed by atoms with Gasteiger partial charge in [0.1, 0.15) is 5.56 Å². The summed E-state index contributed by atoms with van der Waals surface area (Å²) in [6, 6.07) is 2.09. The lowest BCUT2D eigenvalue weighted by molar-refractivity contribution is -0.161. The van der Waals surface area contributed by atoms with Crippen LogP contribution in [-0.2, 0) is 9.59 Å². The van der Waals surface area contributed by atoms with Crippen molar-refractivity contribution in [2.45, 2.75) is 51.9 Å². The van der Waals surface area contributed by atoms with Gasteiger partial charge in [0.2, 0.25) is 5.75 Å². The van der Waals surface area contributed by atoms with Gasteiger partial charge in [-0.05, 0) is 85.8 Å². The number of esters is 1. The van der Waals surface area contributed by atoms with E-state index >= 15 is 0 Å². The molecule has 7 heteroatoms. The number of phenolic OH excluding ortho intramolecular Hbond substituents is 1. The first kappa shape index (κ1) is 21.0. The molecule has 170 valence electrons. The maximum atomic E-state index is 13.1. The molecular formula is C25H28O7. The molecule has 0 aromatic heterocycles. The van der Waals surface area contributed by atoms with E-state index in [1.165, 1.54) is 6.42 Å². The Hall–Kier alpha value is -2.83. The lowest BCUT2D eigenvalue weighted by Crippen LogP contribution is -2.60. The number of allylic oxidation sites excluding steroid dienone is 2. The summed E-state index contributed by atoms with van der Waals surface area (Å²) in [5, 5.41) is 29.2. The number of ketones is 1. The largest absolute Gasteiger partial charge is 0.504 e. The summed E-state index contributed by atoms with van der Waals surface area (Å²) < 4.78 is 5.16. The van der Waals surface area contributed by atoms with Crippen molar-refractivity contribution < 1.29 is 34.4 Å². The maximum absolute atomic E-state index is 13.1. The number of aromatic carboxylic acids is 1. The van der Waals surface area contributed by atoms with Crippen molar-refractivity contribution in [3.8, 4) is 17.2 Å². The van der Waals surface area contributed by atoms with Crippen molar-refractivity contribution in [3.63, 3.8) is 0 Å². The number of carbonyl (C=O) groups is 3. The van der Waals surface area contributed by atoms with Crippen LogP contribution in [-0.4, -0.2) is 33.0 Å². The predicted octanol–water partition coefficient (Wildman–Crippen LogP) is 4.07. The van der Waals surface area contributed by atoms with Gasteiger partial charge in [-0.3, -0.25) is 9.59 Å². The van der Waals surface area contributed by atoms with E-state index in [1.807, 2.05) is 6.92 Å². The molecule has 5 aliphatic rings. The Balaban J connectivity index is 1.35. The normalized spacial score (nSPS) is 36.7. The quantitative estimate of drug-likeness (QED) is 0.466. The first-order chi connectivity index (χ1) is 15.1. The zero-order valence-electron chi connectivity index (χ0n) is 18.0. The molecule has 32 heavy (non-hydrogen) atoms. The van der Waals surface area contributed by atoms with Crippen LogP contribution in [0, 0.1) is 34.5 Å². The van der Waals surface area contributed by atoms with Crippen LogP contribution in [0.25, 0.3) is 0 Å². The number of rotatable bonds is 5. The second-order valence-corrected chi connectivity index (χ2v) is 10.5. The minimum Gasteiger partial charge on any atom is -0.504 e. The number of aromatic hydroxyl groups is 2. The Morgan fingerprint density at radius 3 is 2.47 bits per heavy atom. The zero-order chi connectivity index (χ0) is 22.8. The summed E-state index contributed by atoms with van der Waals surface area (Å²) in [4.78, 5) is 36.9. The minimum atomic E-state index is -1.40. The molecule has 1 spiro atoms. The van der Waals surface area contributed by atoms with Gasteiger partial charge in [-0.25, -0.2) is 4.79 Å². The molecule has 0 amide bonds. The molecule has 6 rings (SSSR count). The van der Waals surface area contributed by atoms with Gasteiger partial charge in [-0.1, -0.05) is 13.0 Å². The predicted molar refractivity (Wildman–Crippen MR) is 113 cm³/mol. The van der Waals surface area contributed by atoms with Gasteiger partial charge >= 0.3 is 11.9 Å². The molecule has 7 nitrogen and oxygen atoms in total. The first-order valence-electron chi connectivity index (χ1n) is 11.4. The van der Waals surface area contributed by atoms with E-state index < -0.39 is 40.2 Å². The number of hydrogen-bond donors (Lipinski definition) is 3. The Bertz CT molecular complexity index is 1030. The lowest BCUT2D eigenvalue weighted by atomic mass is 9.38. The van der Waals surface area contributed by atoms with E-state index in [1.54, 1.807) is 6.08 Å². The van der Waals surface area contributed by atoms with Crippen LogP contribution in [0.2, 0.25) is 0 Å². The minimum absolute atomic E-state index is 0.0481. The van der Waals surface area contributed by atoms with E-state index in [9.17, 15) is 24.6 Å². The molecule has 0 aliphatic heterocycles. The Kier molecular flexibility index (Phi) is 4.66. The van der Waals surface area contributed by atoms with Gasteiger partial charge in [0.25, 0.3) is 0 Å². The van der Waals surface area contributed by atoms with Crippen molar-refractivity contribution in [1.29, 1.82) is 0 Å². The topological polar surface area (TPSA) is 121 Å². The van der Waals surface area contributed by atoms with Gasteiger partial charge in [-0.2, -0.15) is 0 Å². The monoisotopic (exact) mass is 440 g/mol. The van der Waals surface area contributed by atoms with Gasteiger partial charge in [-0.15, -0.1) is 0 Å². The number of phenols is 2. The average Bonchev–Trinajstić information content (AvgIpc) is 2.71. The summed E-state index contributed by atoms with van der Waals surface area (Å²) in [7, 11) is 0. The zero-order valence-corrected chi connectivity index (χ0v) is 18.0. The van der Waals surface area contributed by atoms with E-state index in [0.29, 0.717) is 12.3 Å². The van der Waals surface area contributed by atoms with E-state index in [-0.39, 0.29) is 23.5 Å². The van der Waals surface area contributed by atoms with Gasteiger partial charge in [0.15, 0.2) is 17.3 Å². The highest BCUT2D eigenvalue weighted by molar-refractivity contribution is 5.96. The van der Waals surface area contributed by atoms with Crippen LogP contribution < -0.4 is 4.74 Å². The molecule has 4 bridgehead atoms. The molecule has 0 saturated heterocycles. The second kappa shape index (κ2) is 7.09. The van der Waals surface area contributed by atoms with Crippen LogP contribution >= 0.6 is 0 Å². The van der Waals surface area contributed by atoms with Gasteiger partial charge in [0, 0.05) is 11.8 Å². The van der Waals surface area contributed by atoms with E-state index in [2.05, 4.69) is 6.08 Å². The number of carboxylic acids is 1. The molecule has 1 aromatic rings. The fraction of sp³-hybridized carbons (Fsp3) is 0.560. The Morgan fingerprint density at radius 1 is 1.12 bits per heavy atom. The number of hydrogen-bond acceptors (Lipinski definition) is 6. The smallest absolute Gasteiger partial charge is 0.339 e. The molecule has 6 atom stereocenters. The number of carbonyl (C=O) groups excluding carboxylic acids is 2. The van der Waals surface area contributed by atoms with Crippen LogP contribution in [0.4, 0.5) is 0 Å². The van der Waals surface area contributed by atoms with Crippen LogP contribution in [0.1, 0.15) is 62.2 Å². The number of carboxylic acid groups (broad SMARTS) is 1. The number of ether oxygens (including phenoxy) is 1.